The molecular formula is C14H17N3O2S. The van der Waals surface area contributed by atoms with Gasteiger partial charge in [-0.1, -0.05) is 25.1 Å². The molecule has 0 aliphatic carbocycles. The first-order chi connectivity index (χ1) is 9.58. The predicted molar refractivity (Wildman–Crippen MR) is 80.1 cm³/mol. The van der Waals surface area contributed by atoms with E-state index < -0.39 is 0 Å². The molecule has 0 aliphatic rings. The maximum absolute atomic E-state index is 11.5. The van der Waals surface area contributed by atoms with E-state index in [0.29, 0.717) is 10.9 Å². The summed E-state index contributed by atoms with van der Waals surface area (Å²) in [4.78, 5) is 30.2. The van der Waals surface area contributed by atoms with Crippen molar-refractivity contribution in [3.05, 3.63) is 56.4 Å². The molecule has 0 unspecified atom stereocenters. The highest BCUT2D eigenvalue weighted by atomic mass is 32.2. The largest absolute Gasteiger partial charge is 0.319 e. The number of hydrogen-bond donors (Lipinski definition) is 1. The number of nitrogens with one attached hydrogen (secondary N) is 1. The number of nitrogens with zero attached hydrogens (tertiary/aromatic N) is 2. The summed E-state index contributed by atoms with van der Waals surface area (Å²) >= 11 is 1.43. The van der Waals surface area contributed by atoms with Crippen LogP contribution in [0.3, 0.4) is 0 Å². The molecule has 0 aliphatic heterocycles. The minimum atomic E-state index is -0.130. The number of aryl methyl sites for hydroxylation is 2. The average molecular weight is 291 g/mol. The van der Waals surface area contributed by atoms with Gasteiger partial charge in [-0.05, 0) is 18.1 Å². The molecule has 0 saturated heterocycles. The van der Waals surface area contributed by atoms with Crippen molar-refractivity contribution in [3.8, 4) is 0 Å². The minimum Gasteiger partial charge on any atom is -0.319 e. The van der Waals surface area contributed by atoms with Crippen LogP contribution >= 0.6 is 11.8 Å². The summed E-state index contributed by atoms with van der Waals surface area (Å²) in [5.41, 5.74) is 1.56. The van der Waals surface area contributed by atoms with Crippen LogP contribution in [0.4, 0.5) is 0 Å². The lowest BCUT2D eigenvalue weighted by atomic mass is 10.2. The fourth-order valence-electron chi connectivity index (χ4n) is 1.77. The summed E-state index contributed by atoms with van der Waals surface area (Å²) < 4.78 is 1.52. The maximum Gasteiger partial charge on any atom is 0.251 e. The Hall–Kier alpha value is -1.82. The number of thioether (sulfide) groups is 1. The highest BCUT2D eigenvalue weighted by Crippen LogP contribution is 2.17. The smallest absolute Gasteiger partial charge is 0.251 e. The lowest BCUT2D eigenvalue weighted by Gasteiger charge is -2.04. The second-order valence-corrected chi connectivity index (χ2v) is 5.53. The Kier molecular flexibility index (Phi) is 4.79. The van der Waals surface area contributed by atoms with Crippen molar-refractivity contribution < 1.29 is 0 Å². The molecule has 2 aromatic heterocycles. The van der Waals surface area contributed by atoms with Gasteiger partial charge in [0.05, 0.1) is 0 Å². The number of rotatable bonds is 5. The van der Waals surface area contributed by atoms with E-state index in [1.807, 2.05) is 6.07 Å². The third kappa shape index (κ3) is 3.84. The Morgan fingerprint density at radius 1 is 1.35 bits per heavy atom. The SMILES string of the molecule is CCCc1cc(=O)[nH]c(SCc2ccn(C)c(=O)c2)n1. The van der Waals surface area contributed by atoms with Crippen LogP contribution < -0.4 is 11.1 Å². The van der Waals surface area contributed by atoms with Gasteiger partial charge in [0.15, 0.2) is 5.16 Å². The highest BCUT2D eigenvalue weighted by molar-refractivity contribution is 7.98. The van der Waals surface area contributed by atoms with Crippen molar-refractivity contribution in [3.63, 3.8) is 0 Å². The van der Waals surface area contributed by atoms with Crippen molar-refractivity contribution >= 4 is 11.8 Å². The first kappa shape index (κ1) is 14.6. The highest BCUT2D eigenvalue weighted by Gasteiger charge is 2.03. The molecule has 0 spiro atoms. The number of pyridine rings is 1. The van der Waals surface area contributed by atoms with Gasteiger partial charge in [0.2, 0.25) is 0 Å². The molecule has 6 heteroatoms. The first-order valence-electron chi connectivity index (χ1n) is 6.47. The topological polar surface area (TPSA) is 67.8 Å². The van der Waals surface area contributed by atoms with Gasteiger partial charge in [0, 0.05) is 36.8 Å². The third-order valence-electron chi connectivity index (χ3n) is 2.82. The molecule has 0 aromatic carbocycles. The zero-order valence-corrected chi connectivity index (χ0v) is 12.4. The molecule has 5 nitrogen and oxygen atoms in total. The molecular weight excluding hydrogens is 274 g/mol. The zero-order valence-electron chi connectivity index (χ0n) is 11.5. The summed E-state index contributed by atoms with van der Waals surface area (Å²) in [5.74, 6) is 0.606. The lowest BCUT2D eigenvalue weighted by Crippen LogP contribution is -2.15. The number of aromatic amines is 1. The van der Waals surface area contributed by atoms with Gasteiger partial charge in [-0.3, -0.25) is 9.59 Å². The molecule has 2 aromatic rings. The number of H-pyrrole nitrogens is 1. The second kappa shape index (κ2) is 6.56. The minimum absolute atomic E-state index is 0.0377. The van der Waals surface area contributed by atoms with Crippen LogP contribution in [-0.4, -0.2) is 14.5 Å². The second-order valence-electron chi connectivity index (χ2n) is 4.56. The van der Waals surface area contributed by atoms with Crippen molar-refractivity contribution in [2.75, 3.05) is 0 Å². The normalized spacial score (nSPS) is 10.7. The Balaban J connectivity index is 2.12. The van der Waals surface area contributed by atoms with Crippen LogP contribution in [0.2, 0.25) is 0 Å². The van der Waals surface area contributed by atoms with Crippen LogP contribution in [0, 0.1) is 0 Å². The van der Waals surface area contributed by atoms with E-state index in [-0.39, 0.29) is 11.1 Å². The number of aromatic nitrogens is 3. The molecule has 0 radical (unpaired) electrons. The molecule has 0 amide bonds. The Morgan fingerprint density at radius 2 is 2.15 bits per heavy atom. The summed E-state index contributed by atoms with van der Waals surface area (Å²) in [6, 6.07) is 5.02. The van der Waals surface area contributed by atoms with Crippen molar-refractivity contribution in [1.82, 2.24) is 14.5 Å². The van der Waals surface area contributed by atoms with Crippen LogP contribution in [0.25, 0.3) is 0 Å². The Bertz CT molecular complexity index is 706. The van der Waals surface area contributed by atoms with Gasteiger partial charge < -0.3 is 9.55 Å². The average Bonchev–Trinajstić information content (AvgIpc) is 2.40. The van der Waals surface area contributed by atoms with Gasteiger partial charge in [0.1, 0.15) is 0 Å². The monoisotopic (exact) mass is 291 g/mol. The molecule has 2 heterocycles. The van der Waals surface area contributed by atoms with E-state index in [9.17, 15) is 9.59 Å². The molecule has 0 fully saturated rings. The van der Waals surface area contributed by atoms with E-state index in [1.54, 1.807) is 19.3 Å². The molecule has 1 N–H and O–H groups in total. The van der Waals surface area contributed by atoms with Gasteiger partial charge in [-0.15, -0.1) is 0 Å². The van der Waals surface area contributed by atoms with Gasteiger partial charge >= 0.3 is 0 Å². The lowest BCUT2D eigenvalue weighted by molar-refractivity contribution is 0.815. The van der Waals surface area contributed by atoms with E-state index >= 15 is 0 Å². The van der Waals surface area contributed by atoms with E-state index in [4.69, 9.17) is 0 Å². The standard InChI is InChI=1S/C14H17N3O2S/c1-3-4-11-8-12(18)16-14(15-11)20-9-10-5-6-17(2)13(19)7-10/h5-8H,3-4,9H2,1-2H3,(H,15,16,18). The van der Waals surface area contributed by atoms with E-state index in [0.717, 1.165) is 24.1 Å². The zero-order chi connectivity index (χ0) is 14.5. The summed E-state index contributed by atoms with van der Waals surface area (Å²) in [6.07, 6.45) is 3.49. The molecule has 0 saturated carbocycles. The van der Waals surface area contributed by atoms with Crippen LogP contribution in [-0.2, 0) is 19.2 Å². The predicted octanol–water partition coefficient (Wildman–Crippen LogP) is 1.71. The van der Waals surface area contributed by atoms with Gasteiger partial charge in [-0.2, -0.15) is 0 Å². The third-order valence-corrected chi connectivity index (χ3v) is 3.77. The van der Waals surface area contributed by atoms with Crippen LogP contribution in [0.15, 0.2) is 39.1 Å². The van der Waals surface area contributed by atoms with Crippen molar-refractivity contribution in [1.29, 1.82) is 0 Å². The van der Waals surface area contributed by atoms with Gasteiger partial charge in [-0.25, -0.2) is 4.98 Å². The summed E-state index contributed by atoms with van der Waals surface area (Å²) in [5, 5.41) is 0.599. The molecule has 2 rings (SSSR count). The fourth-order valence-corrected chi connectivity index (χ4v) is 2.60. The summed E-state index contributed by atoms with van der Waals surface area (Å²) in [7, 11) is 1.71. The molecule has 20 heavy (non-hydrogen) atoms. The van der Waals surface area contributed by atoms with Crippen LogP contribution in [0.5, 0.6) is 0 Å². The van der Waals surface area contributed by atoms with E-state index in [2.05, 4.69) is 16.9 Å². The Morgan fingerprint density at radius 3 is 2.85 bits per heavy atom. The van der Waals surface area contributed by atoms with E-state index in [1.165, 1.54) is 22.4 Å². The fraction of sp³-hybridized carbons (Fsp3) is 0.357. The molecule has 106 valence electrons. The Labute approximate surface area is 121 Å². The summed E-state index contributed by atoms with van der Waals surface area (Å²) in [6.45, 7) is 2.05. The van der Waals surface area contributed by atoms with Crippen molar-refractivity contribution in [2.24, 2.45) is 7.05 Å². The van der Waals surface area contributed by atoms with Crippen molar-refractivity contribution in [2.45, 2.75) is 30.7 Å². The van der Waals surface area contributed by atoms with Gasteiger partial charge in [0.25, 0.3) is 11.1 Å². The first-order valence-corrected chi connectivity index (χ1v) is 7.45. The molecule has 0 bridgehead atoms. The van der Waals surface area contributed by atoms with Crippen LogP contribution in [0.1, 0.15) is 24.6 Å². The molecule has 0 atom stereocenters. The number of hydrogen-bond acceptors (Lipinski definition) is 4. The quantitative estimate of drug-likeness (QED) is 0.672. The maximum atomic E-state index is 11.5.